The summed E-state index contributed by atoms with van der Waals surface area (Å²) >= 11 is 0. The Morgan fingerprint density at radius 1 is 1.24 bits per heavy atom. The average Bonchev–Trinajstić information content (AvgIpc) is 2.86. The molecule has 134 valence electrons. The number of carboxylic acids is 1. The fourth-order valence-electron chi connectivity index (χ4n) is 2.29. The van der Waals surface area contributed by atoms with Gasteiger partial charge in [-0.3, -0.25) is 4.79 Å². The van der Waals surface area contributed by atoms with E-state index in [1.165, 1.54) is 31.9 Å². The molecular weight excluding hydrogens is 341 g/mol. The van der Waals surface area contributed by atoms with Crippen molar-refractivity contribution in [2.45, 2.75) is 26.6 Å². The summed E-state index contributed by atoms with van der Waals surface area (Å²) in [4.78, 5) is 28.0. The van der Waals surface area contributed by atoms with E-state index in [1.807, 2.05) is 0 Å². The Morgan fingerprint density at radius 3 is 2.36 bits per heavy atom. The van der Waals surface area contributed by atoms with E-state index in [2.05, 4.69) is 4.98 Å². The van der Waals surface area contributed by atoms with E-state index in [1.54, 1.807) is 0 Å². The van der Waals surface area contributed by atoms with Crippen molar-refractivity contribution in [3.63, 3.8) is 0 Å². The van der Waals surface area contributed by atoms with Crippen molar-refractivity contribution < 1.29 is 32.3 Å². The molecule has 2 heterocycles. The van der Waals surface area contributed by atoms with Crippen LogP contribution in [0.15, 0.2) is 22.6 Å². The van der Waals surface area contributed by atoms with Gasteiger partial charge in [-0.25, -0.2) is 9.78 Å². The van der Waals surface area contributed by atoms with Crippen LogP contribution in [0.5, 0.6) is 0 Å². The Labute approximate surface area is 140 Å². The molecule has 2 rings (SSSR count). The van der Waals surface area contributed by atoms with Gasteiger partial charge in [0.15, 0.2) is 0 Å². The maximum atomic E-state index is 12.6. The van der Waals surface area contributed by atoms with Crippen molar-refractivity contribution in [1.29, 1.82) is 0 Å². The normalized spacial score (nSPS) is 11.4. The van der Waals surface area contributed by atoms with Crippen LogP contribution in [0.1, 0.15) is 43.6 Å². The van der Waals surface area contributed by atoms with Crippen molar-refractivity contribution in [2.75, 3.05) is 7.05 Å². The van der Waals surface area contributed by atoms with Crippen LogP contribution in [-0.2, 0) is 12.7 Å². The van der Waals surface area contributed by atoms with Gasteiger partial charge in [-0.05, 0) is 32.0 Å². The highest BCUT2D eigenvalue weighted by Gasteiger charge is 2.33. The number of aryl methyl sites for hydroxylation is 2. The molecule has 0 spiro atoms. The van der Waals surface area contributed by atoms with Gasteiger partial charge in [-0.2, -0.15) is 13.2 Å². The molecule has 0 bridgehead atoms. The van der Waals surface area contributed by atoms with Crippen molar-refractivity contribution in [3.8, 4) is 0 Å². The number of carbonyl (C=O) groups excluding carboxylic acids is 1. The fourth-order valence-corrected chi connectivity index (χ4v) is 2.29. The highest BCUT2D eigenvalue weighted by molar-refractivity contribution is 5.95. The zero-order valence-corrected chi connectivity index (χ0v) is 13.6. The molecule has 1 amide bonds. The molecule has 9 heteroatoms. The molecule has 0 aliphatic rings. The van der Waals surface area contributed by atoms with Gasteiger partial charge in [-0.15, -0.1) is 0 Å². The van der Waals surface area contributed by atoms with Gasteiger partial charge in [0.25, 0.3) is 5.91 Å². The number of hydrogen-bond acceptors (Lipinski definition) is 4. The number of furan rings is 1. The molecule has 0 aliphatic carbocycles. The van der Waals surface area contributed by atoms with E-state index < -0.39 is 23.7 Å². The minimum Gasteiger partial charge on any atom is -0.478 e. The molecule has 25 heavy (non-hydrogen) atoms. The number of aromatic carboxylic acids is 1. The van der Waals surface area contributed by atoms with E-state index in [0.717, 1.165) is 12.1 Å². The largest absolute Gasteiger partial charge is 0.478 e. The van der Waals surface area contributed by atoms with E-state index in [-0.39, 0.29) is 34.9 Å². The molecule has 2 aromatic heterocycles. The zero-order valence-electron chi connectivity index (χ0n) is 13.6. The molecule has 1 N–H and O–H groups in total. The first kappa shape index (κ1) is 18.5. The summed E-state index contributed by atoms with van der Waals surface area (Å²) < 4.78 is 43.2. The number of rotatable bonds is 4. The van der Waals surface area contributed by atoms with Crippen molar-refractivity contribution in [2.24, 2.45) is 0 Å². The smallest absolute Gasteiger partial charge is 0.433 e. The summed E-state index contributed by atoms with van der Waals surface area (Å²) in [6.45, 7) is 2.77. The van der Waals surface area contributed by atoms with Gasteiger partial charge < -0.3 is 14.4 Å². The molecule has 0 aliphatic heterocycles. The van der Waals surface area contributed by atoms with Gasteiger partial charge in [0.1, 0.15) is 22.8 Å². The van der Waals surface area contributed by atoms with Crippen molar-refractivity contribution >= 4 is 11.9 Å². The quantitative estimate of drug-likeness (QED) is 0.909. The standard InChI is InChI=1S/C16H15F3N2O4/c1-8-11(4-5-13(20-8)16(17,18)19)14(22)21(3)7-10-6-12(15(23)24)9(2)25-10/h4-6H,7H2,1-3H3,(H,23,24). The number of amides is 1. The predicted octanol–water partition coefficient (Wildman–Crippen LogP) is 3.28. The third kappa shape index (κ3) is 3.98. The Balaban J connectivity index is 2.20. The van der Waals surface area contributed by atoms with Gasteiger partial charge in [0, 0.05) is 7.05 Å². The topological polar surface area (TPSA) is 83.6 Å². The number of nitrogens with zero attached hydrogens (tertiary/aromatic N) is 2. The van der Waals surface area contributed by atoms with Crippen molar-refractivity contribution in [1.82, 2.24) is 9.88 Å². The minimum absolute atomic E-state index is 0.0109. The maximum absolute atomic E-state index is 12.6. The lowest BCUT2D eigenvalue weighted by molar-refractivity contribution is -0.141. The van der Waals surface area contributed by atoms with Crippen LogP contribution in [0.4, 0.5) is 13.2 Å². The Hall–Kier alpha value is -2.84. The lowest BCUT2D eigenvalue weighted by Crippen LogP contribution is -2.27. The summed E-state index contributed by atoms with van der Waals surface area (Å²) in [5.41, 5.74) is -1.11. The SMILES string of the molecule is Cc1nc(C(F)(F)F)ccc1C(=O)N(C)Cc1cc(C(=O)O)c(C)o1. The average molecular weight is 356 g/mol. The first-order valence-corrected chi connectivity index (χ1v) is 7.13. The van der Waals surface area contributed by atoms with Gasteiger partial charge >= 0.3 is 12.1 Å². The second-order valence-electron chi connectivity index (χ2n) is 5.48. The van der Waals surface area contributed by atoms with Crippen LogP contribution in [0, 0.1) is 13.8 Å². The molecule has 0 saturated carbocycles. The number of hydrogen-bond donors (Lipinski definition) is 1. The van der Waals surface area contributed by atoms with Gasteiger partial charge in [0.05, 0.1) is 17.8 Å². The number of aromatic nitrogens is 1. The third-order valence-corrected chi connectivity index (χ3v) is 3.55. The monoisotopic (exact) mass is 356 g/mol. The van der Waals surface area contributed by atoms with Crippen LogP contribution >= 0.6 is 0 Å². The van der Waals surface area contributed by atoms with Gasteiger partial charge in [0.2, 0.25) is 0 Å². The Morgan fingerprint density at radius 2 is 1.88 bits per heavy atom. The number of pyridine rings is 1. The van der Waals surface area contributed by atoms with E-state index in [9.17, 15) is 22.8 Å². The molecule has 2 aromatic rings. The fraction of sp³-hybridized carbons (Fsp3) is 0.312. The summed E-state index contributed by atoms with van der Waals surface area (Å²) in [5.74, 6) is -1.24. The van der Waals surface area contributed by atoms with E-state index in [4.69, 9.17) is 9.52 Å². The lowest BCUT2D eigenvalue weighted by Gasteiger charge is -2.17. The zero-order chi connectivity index (χ0) is 18.9. The number of alkyl halides is 3. The Kier molecular flexibility index (Phi) is 4.87. The first-order valence-electron chi connectivity index (χ1n) is 7.13. The highest BCUT2D eigenvalue weighted by Crippen LogP contribution is 2.28. The summed E-state index contributed by atoms with van der Waals surface area (Å²) in [6, 6.07) is 3.12. The molecule has 0 atom stereocenters. The van der Waals surface area contributed by atoms with Crippen LogP contribution in [-0.4, -0.2) is 33.9 Å². The second kappa shape index (κ2) is 6.58. The molecule has 0 saturated heterocycles. The number of carboxylic acid groups (broad SMARTS) is 1. The van der Waals surface area contributed by atoms with Crippen LogP contribution < -0.4 is 0 Å². The van der Waals surface area contributed by atoms with E-state index >= 15 is 0 Å². The summed E-state index contributed by atoms with van der Waals surface area (Å²) in [5, 5.41) is 8.99. The lowest BCUT2D eigenvalue weighted by atomic mass is 10.1. The molecule has 0 radical (unpaired) electrons. The summed E-state index contributed by atoms with van der Waals surface area (Å²) in [6.07, 6.45) is -4.59. The highest BCUT2D eigenvalue weighted by atomic mass is 19.4. The first-order chi connectivity index (χ1) is 11.5. The van der Waals surface area contributed by atoms with E-state index in [0.29, 0.717) is 0 Å². The number of halogens is 3. The molecule has 6 nitrogen and oxygen atoms in total. The molecular formula is C16H15F3N2O4. The maximum Gasteiger partial charge on any atom is 0.433 e. The van der Waals surface area contributed by atoms with Crippen LogP contribution in [0.25, 0.3) is 0 Å². The predicted molar refractivity (Wildman–Crippen MR) is 80.2 cm³/mol. The summed E-state index contributed by atoms with van der Waals surface area (Å²) in [7, 11) is 1.43. The molecule has 0 unspecified atom stereocenters. The molecule has 0 fully saturated rings. The van der Waals surface area contributed by atoms with Crippen LogP contribution in [0.3, 0.4) is 0 Å². The third-order valence-electron chi connectivity index (χ3n) is 3.55. The molecule has 0 aromatic carbocycles. The second-order valence-corrected chi connectivity index (χ2v) is 5.48. The van der Waals surface area contributed by atoms with Gasteiger partial charge in [-0.1, -0.05) is 0 Å². The number of carbonyl (C=O) groups is 2. The van der Waals surface area contributed by atoms with Crippen molar-refractivity contribution in [3.05, 3.63) is 52.2 Å². The Bertz CT molecular complexity index is 827. The minimum atomic E-state index is -4.59. The van der Waals surface area contributed by atoms with Crippen LogP contribution in [0.2, 0.25) is 0 Å².